The Kier molecular flexibility index (Phi) is 5.87. The van der Waals surface area contributed by atoms with E-state index >= 15 is 0 Å². The average Bonchev–Trinajstić information content (AvgIpc) is 2.88. The summed E-state index contributed by atoms with van der Waals surface area (Å²) in [6.45, 7) is 8.39. The van der Waals surface area contributed by atoms with Crippen LogP contribution in [0.15, 0.2) is 18.2 Å². The molecule has 1 saturated heterocycles. The van der Waals surface area contributed by atoms with Gasteiger partial charge in [-0.3, -0.25) is 0 Å². The van der Waals surface area contributed by atoms with Gasteiger partial charge in [0.25, 0.3) is 0 Å². The van der Waals surface area contributed by atoms with Crippen molar-refractivity contribution < 1.29 is 13.9 Å². The molecule has 1 unspecified atom stereocenters. The number of rotatable bonds is 4. The van der Waals surface area contributed by atoms with Gasteiger partial charge in [0.15, 0.2) is 0 Å². The zero-order valence-corrected chi connectivity index (χ0v) is 14.6. The number of carbonyl (C=O) groups excluding carboxylic acids is 1. The summed E-state index contributed by atoms with van der Waals surface area (Å²) >= 11 is 6.00. The van der Waals surface area contributed by atoms with Crippen LogP contribution in [0.3, 0.4) is 0 Å². The highest BCUT2D eigenvalue weighted by atomic mass is 35.5. The quantitative estimate of drug-likeness (QED) is 0.904. The lowest BCUT2D eigenvalue weighted by atomic mass is 10.1. The minimum atomic E-state index is -0.466. The van der Waals surface area contributed by atoms with Gasteiger partial charge in [-0.25, -0.2) is 9.18 Å². The molecule has 0 bridgehead atoms. The van der Waals surface area contributed by atoms with Crippen molar-refractivity contribution in [2.24, 2.45) is 5.92 Å². The lowest BCUT2D eigenvalue weighted by Gasteiger charge is -2.24. The molecule has 4 nitrogen and oxygen atoms in total. The van der Waals surface area contributed by atoms with E-state index in [1.54, 1.807) is 11.0 Å². The fourth-order valence-electron chi connectivity index (χ4n) is 2.57. The van der Waals surface area contributed by atoms with Crippen LogP contribution in [0.4, 0.5) is 9.18 Å². The molecular weight excluding hydrogens is 319 g/mol. The highest BCUT2D eigenvalue weighted by Crippen LogP contribution is 2.20. The first-order chi connectivity index (χ1) is 10.7. The molecule has 0 aromatic heterocycles. The monoisotopic (exact) mass is 342 g/mol. The second-order valence-electron chi connectivity index (χ2n) is 6.95. The van der Waals surface area contributed by atoms with Gasteiger partial charge in [-0.2, -0.15) is 0 Å². The van der Waals surface area contributed by atoms with Gasteiger partial charge in [-0.05, 0) is 50.8 Å². The summed E-state index contributed by atoms with van der Waals surface area (Å²) in [5, 5.41) is 3.76. The van der Waals surface area contributed by atoms with Crippen LogP contribution in [0, 0.1) is 11.7 Å². The van der Waals surface area contributed by atoms with Crippen LogP contribution >= 0.6 is 11.6 Å². The van der Waals surface area contributed by atoms with Crippen molar-refractivity contribution in [3.63, 3.8) is 0 Å². The largest absolute Gasteiger partial charge is 0.444 e. The predicted octanol–water partition coefficient (Wildman–Crippen LogP) is 3.83. The normalized spacial score (nSPS) is 18.3. The number of halogens is 2. The summed E-state index contributed by atoms with van der Waals surface area (Å²) < 4.78 is 18.4. The van der Waals surface area contributed by atoms with Gasteiger partial charge < -0.3 is 15.0 Å². The molecule has 1 heterocycles. The molecule has 1 aromatic carbocycles. The Hall–Kier alpha value is -1.33. The maximum absolute atomic E-state index is 13.0. The number of ether oxygens (including phenoxy) is 1. The average molecular weight is 343 g/mol. The molecule has 1 fully saturated rings. The van der Waals surface area contributed by atoms with Gasteiger partial charge in [-0.1, -0.05) is 17.7 Å². The van der Waals surface area contributed by atoms with Gasteiger partial charge >= 0.3 is 6.09 Å². The zero-order chi connectivity index (χ0) is 17.0. The first kappa shape index (κ1) is 18.0. The van der Waals surface area contributed by atoms with E-state index < -0.39 is 5.60 Å². The Labute approximate surface area is 141 Å². The SMILES string of the molecule is CC(C)(C)OC(=O)N1CCC(CNCc2ccc(F)cc2Cl)C1. The Morgan fingerprint density at radius 3 is 2.87 bits per heavy atom. The number of likely N-dealkylation sites (tertiary alicyclic amines) is 1. The van der Waals surface area contributed by atoms with E-state index in [1.807, 2.05) is 20.8 Å². The van der Waals surface area contributed by atoms with E-state index in [2.05, 4.69) is 5.32 Å². The van der Waals surface area contributed by atoms with Crippen LogP contribution in [0.2, 0.25) is 5.02 Å². The van der Waals surface area contributed by atoms with Crippen LogP contribution in [-0.2, 0) is 11.3 Å². The minimum Gasteiger partial charge on any atom is -0.444 e. The van der Waals surface area contributed by atoms with Gasteiger partial charge in [0.2, 0.25) is 0 Å². The first-order valence-electron chi connectivity index (χ1n) is 7.87. The Morgan fingerprint density at radius 1 is 1.48 bits per heavy atom. The molecule has 6 heteroatoms. The molecule has 1 aliphatic rings. The van der Waals surface area contributed by atoms with Crippen LogP contribution in [0.5, 0.6) is 0 Å². The van der Waals surface area contributed by atoms with E-state index in [9.17, 15) is 9.18 Å². The van der Waals surface area contributed by atoms with E-state index in [4.69, 9.17) is 16.3 Å². The second-order valence-corrected chi connectivity index (χ2v) is 7.35. The van der Waals surface area contributed by atoms with Crippen molar-refractivity contribution in [2.45, 2.75) is 39.3 Å². The second kappa shape index (κ2) is 7.49. The van der Waals surface area contributed by atoms with E-state index in [0.717, 1.165) is 25.1 Å². The number of benzene rings is 1. The van der Waals surface area contributed by atoms with Crippen molar-refractivity contribution in [1.82, 2.24) is 10.2 Å². The highest BCUT2D eigenvalue weighted by molar-refractivity contribution is 6.31. The lowest BCUT2D eigenvalue weighted by molar-refractivity contribution is 0.0288. The van der Waals surface area contributed by atoms with Crippen LogP contribution < -0.4 is 5.32 Å². The van der Waals surface area contributed by atoms with Crippen molar-refractivity contribution in [3.05, 3.63) is 34.6 Å². The minimum absolute atomic E-state index is 0.249. The van der Waals surface area contributed by atoms with E-state index in [0.29, 0.717) is 24.0 Å². The molecule has 2 rings (SSSR count). The molecule has 0 saturated carbocycles. The molecule has 1 N–H and O–H groups in total. The van der Waals surface area contributed by atoms with Crippen molar-refractivity contribution in [3.8, 4) is 0 Å². The summed E-state index contributed by atoms with van der Waals surface area (Å²) in [7, 11) is 0. The molecule has 0 spiro atoms. The van der Waals surface area contributed by atoms with Gasteiger partial charge in [0, 0.05) is 31.2 Å². The highest BCUT2D eigenvalue weighted by Gasteiger charge is 2.29. The fraction of sp³-hybridized carbons (Fsp3) is 0.588. The Bertz CT molecular complexity index is 560. The van der Waals surface area contributed by atoms with Gasteiger partial charge in [-0.15, -0.1) is 0 Å². The smallest absolute Gasteiger partial charge is 0.410 e. The molecule has 128 valence electrons. The third kappa shape index (κ3) is 5.66. The van der Waals surface area contributed by atoms with Crippen molar-refractivity contribution in [2.75, 3.05) is 19.6 Å². The molecule has 0 radical (unpaired) electrons. The summed E-state index contributed by atoms with van der Waals surface area (Å²) in [5.74, 6) is 0.0595. The molecule has 23 heavy (non-hydrogen) atoms. The molecule has 1 atom stereocenters. The summed E-state index contributed by atoms with van der Waals surface area (Å²) in [6, 6.07) is 4.41. The van der Waals surface area contributed by atoms with Crippen LogP contribution in [0.1, 0.15) is 32.8 Å². The maximum atomic E-state index is 13.0. The summed E-state index contributed by atoms with van der Waals surface area (Å²) in [6.07, 6.45) is 0.699. The third-order valence-electron chi connectivity index (χ3n) is 3.70. The van der Waals surface area contributed by atoms with E-state index in [-0.39, 0.29) is 11.9 Å². The Balaban J connectivity index is 1.74. The predicted molar refractivity (Wildman–Crippen MR) is 89.0 cm³/mol. The van der Waals surface area contributed by atoms with Gasteiger partial charge in [0.05, 0.1) is 0 Å². The molecular formula is C17H24ClFN2O2. The Morgan fingerprint density at radius 2 is 2.22 bits per heavy atom. The number of amides is 1. The van der Waals surface area contributed by atoms with Crippen LogP contribution in [-0.4, -0.2) is 36.2 Å². The maximum Gasteiger partial charge on any atom is 0.410 e. The standard InChI is InChI=1S/C17H24ClFN2O2/c1-17(2,3)23-16(22)21-7-6-12(11-21)9-20-10-13-4-5-14(19)8-15(13)18/h4-5,8,12,20H,6-7,9-11H2,1-3H3. The first-order valence-corrected chi connectivity index (χ1v) is 8.25. The molecule has 1 amide bonds. The summed E-state index contributed by atoms with van der Waals surface area (Å²) in [5.41, 5.74) is 0.405. The molecule has 1 aromatic rings. The number of hydrogen-bond acceptors (Lipinski definition) is 3. The topological polar surface area (TPSA) is 41.6 Å². The number of hydrogen-bond donors (Lipinski definition) is 1. The van der Waals surface area contributed by atoms with Crippen molar-refractivity contribution in [1.29, 1.82) is 0 Å². The number of nitrogens with one attached hydrogen (secondary N) is 1. The van der Waals surface area contributed by atoms with E-state index in [1.165, 1.54) is 12.1 Å². The fourth-order valence-corrected chi connectivity index (χ4v) is 2.80. The van der Waals surface area contributed by atoms with Crippen molar-refractivity contribution >= 4 is 17.7 Å². The van der Waals surface area contributed by atoms with Crippen LogP contribution in [0.25, 0.3) is 0 Å². The molecule has 0 aliphatic carbocycles. The molecule has 1 aliphatic heterocycles. The number of carbonyl (C=O) groups is 1. The number of nitrogens with zero attached hydrogens (tertiary/aromatic N) is 1. The zero-order valence-electron chi connectivity index (χ0n) is 13.9. The third-order valence-corrected chi connectivity index (χ3v) is 4.05. The summed E-state index contributed by atoms with van der Waals surface area (Å²) in [4.78, 5) is 13.8. The van der Waals surface area contributed by atoms with Gasteiger partial charge in [0.1, 0.15) is 11.4 Å². The lowest BCUT2D eigenvalue weighted by Crippen LogP contribution is -2.36.